The van der Waals surface area contributed by atoms with Gasteiger partial charge in [0.15, 0.2) is 17.6 Å². The molecular formula is C19H18BrNO5. The minimum absolute atomic E-state index is 0.134. The van der Waals surface area contributed by atoms with Crippen LogP contribution in [0.1, 0.15) is 22.3 Å². The zero-order chi connectivity index (χ0) is 18.5. The first-order valence-electron chi connectivity index (χ1n) is 7.98. The number of carbonyl (C=O) groups excluding carboxylic acids is 1. The van der Waals surface area contributed by atoms with E-state index in [0.29, 0.717) is 23.5 Å². The highest BCUT2D eigenvalue weighted by atomic mass is 79.9. The van der Waals surface area contributed by atoms with Gasteiger partial charge in [-0.05, 0) is 42.5 Å². The molecule has 1 atom stereocenters. The molecule has 0 aromatic heterocycles. The average Bonchev–Trinajstić information content (AvgIpc) is 3.15. The molecule has 0 fully saturated rings. The number of oxime groups is 1. The normalized spacial score (nSPS) is 15.8. The minimum Gasteiger partial charge on any atom is -0.493 e. The standard InChI is InChI=1S/C19H18BrNO5/c1-23-17-8-5-13(9-18(17)24-2)16-10-15(26-21-16)11-25-19(22)12-3-6-14(20)7-4-12/h3-9,15H,10-11H2,1-2H3/t15-/m0/s1. The van der Waals surface area contributed by atoms with E-state index in [0.717, 1.165) is 15.7 Å². The lowest BCUT2D eigenvalue weighted by Crippen LogP contribution is -2.19. The van der Waals surface area contributed by atoms with Gasteiger partial charge in [-0.2, -0.15) is 0 Å². The fourth-order valence-corrected chi connectivity index (χ4v) is 2.81. The molecule has 0 unspecified atom stereocenters. The molecule has 1 aliphatic rings. The largest absolute Gasteiger partial charge is 0.493 e. The van der Waals surface area contributed by atoms with E-state index < -0.39 is 0 Å². The molecule has 0 saturated carbocycles. The summed E-state index contributed by atoms with van der Waals surface area (Å²) in [4.78, 5) is 17.4. The maximum atomic E-state index is 12.1. The monoisotopic (exact) mass is 419 g/mol. The number of ether oxygens (including phenoxy) is 3. The lowest BCUT2D eigenvalue weighted by molar-refractivity contribution is 0.00686. The van der Waals surface area contributed by atoms with E-state index in [1.807, 2.05) is 18.2 Å². The molecule has 0 aliphatic carbocycles. The van der Waals surface area contributed by atoms with E-state index in [-0.39, 0.29) is 18.7 Å². The van der Waals surface area contributed by atoms with Crippen molar-refractivity contribution in [2.75, 3.05) is 20.8 Å². The number of benzene rings is 2. The predicted octanol–water partition coefficient (Wildman–Crippen LogP) is 3.82. The summed E-state index contributed by atoms with van der Waals surface area (Å²) in [6.07, 6.45) is 0.237. The van der Waals surface area contributed by atoms with Crippen molar-refractivity contribution in [2.24, 2.45) is 5.16 Å². The Morgan fingerprint density at radius 2 is 1.88 bits per heavy atom. The molecule has 1 heterocycles. The minimum atomic E-state index is -0.388. The number of nitrogens with zero attached hydrogens (tertiary/aromatic N) is 1. The van der Waals surface area contributed by atoms with Crippen LogP contribution in [0.4, 0.5) is 0 Å². The van der Waals surface area contributed by atoms with Crippen LogP contribution in [0.5, 0.6) is 11.5 Å². The van der Waals surface area contributed by atoms with Crippen LogP contribution in [0.2, 0.25) is 0 Å². The fourth-order valence-electron chi connectivity index (χ4n) is 2.54. The third kappa shape index (κ3) is 4.16. The Bertz CT molecular complexity index is 819. The van der Waals surface area contributed by atoms with Gasteiger partial charge in [0.25, 0.3) is 0 Å². The van der Waals surface area contributed by atoms with Crippen molar-refractivity contribution in [3.8, 4) is 11.5 Å². The Kier molecular flexibility index (Phi) is 5.78. The van der Waals surface area contributed by atoms with Gasteiger partial charge in [0.05, 0.1) is 25.5 Å². The van der Waals surface area contributed by atoms with Crippen molar-refractivity contribution in [1.29, 1.82) is 0 Å². The third-order valence-corrected chi connectivity index (χ3v) is 4.46. The Balaban J connectivity index is 1.56. The first kappa shape index (κ1) is 18.3. The van der Waals surface area contributed by atoms with Crippen LogP contribution in [0.25, 0.3) is 0 Å². The summed E-state index contributed by atoms with van der Waals surface area (Å²) >= 11 is 3.33. The molecule has 2 aromatic carbocycles. The number of halogens is 1. The van der Waals surface area contributed by atoms with Gasteiger partial charge < -0.3 is 19.0 Å². The quantitative estimate of drug-likeness (QED) is 0.665. The van der Waals surface area contributed by atoms with E-state index >= 15 is 0 Å². The summed E-state index contributed by atoms with van der Waals surface area (Å²) in [6.45, 7) is 0.134. The molecule has 0 amide bonds. The van der Waals surface area contributed by atoms with Gasteiger partial charge in [-0.25, -0.2) is 4.79 Å². The van der Waals surface area contributed by atoms with Crippen LogP contribution in [-0.2, 0) is 9.57 Å². The average molecular weight is 420 g/mol. The third-order valence-electron chi connectivity index (χ3n) is 3.93. The van der Waals surface area contributed by atoms with E-state index in [1.165, 1.54) is 0 Å². The van der Waals surface area contributed by atoms with Crippen molar-refractivity contribution < 1.29 is 23.8 Å². The van der Waals surface area contributed by atoms with Crippen LogP contribution in [0, 0.1) is 0 Å². The van der Waals surface area contributed by atoms with Gasteiger partial charge in [0.1, 0.15) is 6.61 Å². The summed E-state index contributed by atoms with van der Waals surface area (Å²) < 4.78 is 16.8. The van der Waals surface area contributed by atoms with Crippen LogP contribution in [0.3, 0.4) is 0 Å². The molecule has 3 rings (SSSR count). The van der Waals surface area contributed by atoms with E-state index in [9.17, 15) is 4.79 Å². The van der Waals surface area contributed by atoms with Gasteiger partial charge in [0.2, 0.25) is 0 Å². The smallest absolute Gasteiger partial charge is 0.338 e. The Morgan fingerprint density at radius 1 is 1.15 bits per heavy atom. The highest BCUT2D eigenvalue weighted by Crippen LogP contribution is 2.29. The predicted molar refractivity (Wildman–Crippen MR) is 100.0 cm³/mol. The lowest BCUT2D eigenvalue weighted by atomic mass is 10.0. The molecule has 136 valence electrons. The molecule has 0 saturated heterocycles. The van der Waals surface area contributed by atoms with E-state index in [4.69, 9.17) is 19.0 Å². The van der Waals surface area contributed by atoms with Crippen molar-refractivity contribution in [1.82, 2.24) is 0 Å². The van der Waals surface area contributed by atoms with Crippen LogP contribution in [-0.4, -0.2) is 38.6 Å². The second-order valence-corrected chi connectivity index (χ2v) is 6.56. The number of hydrogen-bond donors (Lipinski definition) is 0. The molecule has 0 spiro atoms. The SMILES string of the molecule is COc1ccc(C2=NO[C@H](COC(=O)c3ccc(Br)cc3)C2)cc1OC. The summed E-state index contributed by atoms with van der Waals surface area (Å²) in [6, 6.07) is 12.5. The molecule has 6 nitrogen and oxygen atoms in total. The zero-order valence-electron chi connectivity index (χ0n) is 14.4. The summed E-state index contributed by atoms with van der Waals surface area (Å²) in [5, 5.41) is 4.10. The van der Waals surface area contributed by atoms with Crippen molar-refractivity contribution in [3.63, 3.8) is 0 Å². The highest BCUT2D eigenvalue weighted by Gasteiger charge is 2.24. The molecule has 0 bridgehead atoms. The van der Waals surface area contributed by atoms with Gasteiger partial charge in [-0.15, -0.1) is 0 Å². The molecular weight excluding hydrogens is 402 g/mol. The van der Waals surface area contributed by atoms with Crippen LogP contribution >= 0.6 is 15.9 Å². The number of methoxy groups -OCH3 is 2. The molecule has 0 N–H and O–H groups in total. The van der Waals surface area contributed by atoms with E-state index in [1.54, 1.807) is 38.5 Å². The number of esters is 1. The molecule has 26 heavy (non-hydrogen) atoms. The van der Waals surface area contributed by atoms with E-state index in [2.05, 4.69) is 21.1 Å². The topological polar surface area (TPSA) is 66.3 Å². The number of carbonyl (C=O) groups is 1. The van der Waals surface area contributed by atoms with Gasteiger partial charge >= 0.3 is 5.97 Å². The maximum Gasteiger partial charge on any atom is 0.338 e. The summed E-state index contributed by atoms with van der Waals surface area (Å²) in [5.74, 6) is 0.884. The Hall–Kier alpha value is -2.54. The van der Waals surface area contributed by atoms with Crippen LogP contribution in [0.15, 0.2) is 52.1 Å². The van der Waals surface area contributed by atoms with Crippen molar-refractivity contribution >= 4 is 27.6 Å². The summed E-state index contributed by atoms with van der Waals surface area (Å²) in [5.41, 5.74) is 2.15. The molecule has 7 heteroatoms. The van der Waals surface area contributed by atoms with Crippen LogP contribution < -0.4 is 9.47 Å². The second kappa shape index (κ2) is 8.23. The second-order valence-electron chi connectivity index (χ2n) is 5.64. The summed E-state index contributed by atoms with van der Waals surface area (Å²) in [7, 11) is 3.17. The van der Waals surface area contributed by atoms with Gasteiger partial charge in [0, 0.05) is 16.5 Å². The van der Waals surface area contributed by atoms with Gasteiger partial charge in [-0.3, -0.25) is 0 Å². The Morgan fingerprint density at radius 3 is 2.58 bits per heavy atom. The molecule has 2 aromatic rings. The number of rotatable bonds is 6. The first-order chi connectivity index (χ1) is 12.6. The number of hydrogen-bond acceptors (Lipinski definition) is 6. The first-order valence-corrected chi connectivity index (χ1v) is 8.77. The zero-order valence-corrected chi connectivity index (χ0v) is 16.0. The molecule has 1 aliphatic heterocycles. The van der Waals surface area contributed by atoms with Crippen molar-refractivity contribution in [2.45, 2.75) is 12.5 Å². The Labute approximate surface area is 159 Å². The van der Waals surface area contributed by atoms with Crippen molar-refractivity contribution in [3.05, 3.63) is 58.1 Å². The van der Waals surface area contributed by atoms with Gasteiger partial charge in [-0.1, -0.05) is 21.1 Å². The molecule has 0 radical (unpaired) electrons. The highest BCUT2D eigenvalue weighted by molar-refractivity contribution is 9.10. The fraction of sp³-hybridized carbons (Fsp3) is 0.263. The maximum absolute atomic E-state index is 12.1. The lowest BCUT2D eigenvalue weighted by Gasteiger charge is -2.10.